The van der Waals surface area contributed by atoms with Crippen LogP contribution in [0.3, 0.4) is 0 Å². The zero-order chi connectivity index (χ0) is 15.1. The van der Waals surface area contributed by atoms with Crippen molar-refractivity contribution in [3.05, 3.63) is 10.1 Å². The Morgan fingerprint density at radius 1 is 1.55 bits per heavy atom. The van der Waals surface area contributed by atoms with Gasteiger partial charge < -0.3 is 5.11 Å². The maximum Gasteiger partial charge on any atom is 0.307 e. The zero-order valence-corrected chi connectivity index (χ0v) is 11.5. The fourth-order valence-electron chi connectivity index (χ4n) is 2.45. The van der Waals surface area contributed by atoms with Crippen molar-refractivity contribution in [2.75, 3.05) is 6.54 Å². The monoisotopic (exact) mass is 281 g/mol. The minimum atomic E-state index is -0.870. The number of nitro groups is 1. The van der Waals surface area contributed by atoms with Gasteiger partial charge in [-0.05, 0) is 12.8 Å². The SMILES string of the molecule is CCC(CC#CCC1C(=O)CCC1C[N+](=O)[O-])C(=O)O. The highest BCUT2D eigenvalue weighted by Crippen LogP contribution is 2.31. The normalized spacial score (nSPS) is 22.9. The summed E-state index contributed by atoms with van der Waals surface area (Å²) in [5, 5.41) is 19.4. The maximum absolute atomic E-state index is 11.7. The van der Waals surface area contributed by atoms with Crippen molar-refractivity contribution in [2.45, 2.75) is 39.0 Å². The minimum absolute atomic E-state index is 0.0384. The van der Waals surface area contributed by atoms with E-state index in [4.69, 9.17) is 5.11 Å². The van der Waals surface area contributed by atoms with Gasteiger partial charge in [0, 0.05) is 36.0 Å². The molecule has 1 aliphatic rings. The second-order valence-electron chi connectivity index (χ2n) is 5.09. The first kappa shape index (κ1) is 16.2. The van der Waals surface area contributed by atoms with E-state index in [9.17, 15) is 19.7 Å². The lowest BCUT2D eigenvalue weighted by molar-refractivity contribution is -0.489. The Bertz CT molecular complexity index is 448. The Hall–Kier alpha value is -1.90. The van der Waals surface area contributed by atoms with Crippen LogP contribution in [0.15, 0.2) is 0 Å². The first-order valence-electron chi connectivity index (χ1n) is 6.78. The molecule has 0 saturated heterocycles. The summed E-state index contributed by atoms with van der Waals surface area (Å²) in [6.45, 7) is 1.60. The van der Waals surface area contributed by atoms with Crippen molar-refractivity contribution in [1.29, 1.82) is 0 Å². The third kappa shape index (κ3) is 4.65. The number of carbonyl (C=O) groups is 2. The van der Waals surface area contributed by atoms with Crippen LogP contribution >= 0.6 is 0 Å². The molecule has 3 unspecified atom stereocenters. The van der Waals surface area contributed by atoms with Gasteiger partial charge in [-0.2, -0.15) is 0 Å². The minimum Gasteiger partial charge on any atom is -0.481 e. The molecule has 0 aromatic rings. The van der Waals surface area contributed by atoms with Crippen molar-refractivity contribution in [2.24, 2.45) is 17.8 Å². The fourth-order valence-corrected chi connectivity index (χ4v) is 2.45. The van der Waals surface area contributed by atoms with E-state index in [1.54, 1.807) is 6.92 Å². The smallest absolute Gasteiger partial charge is 0.307 e. The lowest BCUT2D eigenvalue weighted by Crippen LogP contribution is -2.21. The number of rotatable bonds is 6. The van der Waals surface area contributed by atoms with Crippen molar-refractivity contribution >= 4 is 11.8 Å². The van der Waals surface area contributed by atoms with Crippen molar-refractivity contribution in [3.63, 3.8) is 0 Å². The molecule has 0 spiro atoms. The Morgan fingerprint density at radius 2 is 2.25 bits per heavy atom. The molecule has 0 aromatic carbocycles. The van der Waals surface area contributed by atoms with Crippen LogP contribution in [0.4, 0.5) is 0 Å². The van der Waals surface area contributed by atoms with Crippen LogP contribution in [0.25, 0.3) is 0 Å². The Kier molecular flexibility index (Phi) is 6.16. The molecular weight excluding hydrogens is 262 g/mol. The van der Waals surface area contributed by atoms with Gasteiger partial charge in [0.1, 0.15) is 5.78 Å². The average molecular weight is 281 g/mol. The largest absolute Gasteiger partial charge is 0.481 e. The molecule has 1 aliphatic carbocycles. The number of hydrogen-bond acceptors (Lipinski definition) is 4. The van der Waals surface area contributed by atoms with Crippen LogP contribution in [0.2, 0.25) is 0 Å². The number of hydrogen-bond donors (Lipinski definition) is 1. The molecule has 1 N–H and O–H groups in total. The van der Waals surface area contributed by atoms with E-state index in [0.29, 0.717) is 25.7 Å². The summed E-state index contributed by atoms with van der Waals surface area (Å²) in [5.74, 6) is 3.70. The van der Waals surface area contributed by atoms with Gasteiger partial charge in [-0.15, -0.1) is 11.8 Å². The Morgan fingerprint density at radius 3 is 2.80 bits per heavy atom. The Balaban J connectivity index is 2.52. The van der Waals surface area contributed by atoms with Crippen LogP contribution in [-0.4, -0.2) is 28.3 Å². The second kappa shape index (κ2) is 7.63. The van der Waals surface area contributed by atoms with Crippen LogP contribution < -0.4 is 0 Å². The first-order chi connectivity index (χ1) is 9.45. The third-order valence-electron chi connectivity index (χ3n) is 3.77. The van der Waals surface area contributed by atoms with Gasteiger partial charge in [-0.25, -0.2) is 0 Å². The van der Waals surface area contributed by atoms with E-state index in [2.05, 4.69) is 11.8 Å². The highest BCUT2D eigenvalue weighted by molar-refractivity contribution is 5.83. The summed E-state index contributed by atoms with van der Waals surface area (Å²) < 4.78 is 0. The molecule has 0 bridgehead atoms. The van der Waals surface area contributed by atoms with Crippen LogP contribution in [0.5, 0.6) is 0 Å². The molecule has 0 heterocycles. The fraction of sp³-hybridized carbons (Fsp3) is 0.714. The lowest BCUT2D eigenvalue weighted by atomic mass is 9.92. The summed E-state index contributed by atoms with van der Waals surface area (Å²) in [7, 11) is 0. The maximum atomic E-state index is 11.7. The van der Waals surface area contributed by atoms with E-state index in [-0.39, 0.29) is 35.5 Å². The van der Waals surface area contributed by atoms with Crippen molar-refractivity contribution < 1.29 is 19.6 Å². The van der Waals surface area contributed by atoms with E-state index in [1.165, 1.54) is 0 Å². The summed E-state index contributed by atoms with van der Waals surface area (Å²) in [6.07, 6.45) is 2.01. The number of Topliss-reactive ketones (excluding diaryl/α,β-unsaturated/α-hetero) is 1. The van der Waals surface area contributed by atoms with Crippen molar-refractivity contribution in [3.8, 4) is 11.8 Å². The summed E-state index contributed by atoms with van der Waals surface area (Å²) >= 11 is 0. The van der Waals surface area contributed by atoms with Crippen LogP contribution in [0, 0.1) is 39.7 Å². The molecule has 1 saturated carbocycles. The van der Waals surface area contributed by atoms with Crippen LogP contribution in [0.1, 0.15) is 39.0 Å². The predicted molar refractivity (Wildman–Crippen MR) is 71.5 cm³/mol. The average Bonchev–Trinajstić information content (AvgIpc) is 2.69. The molecular formula is C14H19NO5. The van der Waals surface area contributed by atoms with E-state index in [1.807, 2.05) is 0 Å². The van der Waals surface area contributed by atoms with Crippen molar-refractivity contribution in [1.82, 2.24) is 0 Å². The topological polar surface area (TPSA) is 97.5 Å². The first-order valence-corrected chi connectivity index (χ1v) is 6.78. The standard InChI is InChI=1S/C14H19NO5/c1-2-10(14(17)18)5-3-4-6-12-11(9-15(19)20)7-8-13(12)16/h10-12H,2,5-9H2,1H3,(H,17,18). The zero-order valence-electron chi connectivity index (χ0n) is 11.5. The van der Waals surface area contributed by atoms with E-state index < -0.39 is 11.9 Å². The summed E-state index contributed by atoms with van der Waals surface area (Å²) in [5.41, 5.74) is 0. The van der Waals surface area contributed by atoms with Gasteiger partial charge >= 0.3 is 5.97 Å². The number of nitrogens with zero attached hydrogens (tertiary/aromatic N) is 1. The highest BCUT2D eigenvalue weighted by atomic mass is 16.6. The third-order valence-corrected chi connectivity index (χ3v) is 3.77. The molecule has 110 valence electrons. The van der Waals surface area contributed by atoms with Gasteiger partial charge in [0.2, 0.25) is 6.54 Å². The molecule has 3 atom stereocenters. The quantitative estimate of drug-likeness (QED) is 0.454. The van der Waals surface area contributed by atoms with Gasteiger partial charge in [0.15, 0.2) is 0 Å². The van der Waals surface area contributed by atoms with Crippen LogP contribution in [-0.2, 0) is 9.59 Å². The van der Waals surface area contributed by atoms with Gasteiger partial charge in [0.25, 0.3) is 0 Å². The molecule has 0 amide bonds. The molecule has 0 radical (unpaired) electrons. The molecule has 6 nitrogen and oxygen atoms in total. The number of carboxylic acid groups (broad SMARTS) is 1. The molecule has 6 heteroatoms. The van der Waals surface area contributed by atoms with E-state index >= 15 is 0 Å². The molecule has 1 rings (SSSR count). The number of aliphatic carboxylic acids is 1. The molecule has 0 aromatic heterocycles. The number of carboxylic acids is 1. The molecule has 1 fully saturated rings. The van der Waals surface area contributed by atoms with E-state index in [0.717, 1.165) is 0 Å². The predicted octanol–water partition coefficient (Wildman–Crippen LogP) is 1.75. The van der Waals surface area contributed by atoms with Gasteiger partial charge in [0.05, 0.1) is 5.92 Å². The second-order valence-corrected chi connectivity index (χ2v) is 5.09. The lowest BCUT2D eigenvalue weighted by Gasteiger charge is -2.11. The molecule has 0 aliphatic heterocycles. The van der Waals surface area contributed by atoms with Gasteiger partial charge in [-0.3, -0.25) is 19.7 Å². The number of carbonyl (C=O) groups excluding carboxylic acids is 1. The number of ketones is 1. The molecule has 20 heavy (non-hydrogen) atoms. The summed E-state index contributed by atoms with van der Waals surface area (Å²) in [6, 6.07) is 0. The Labute approximate surface area is 117 Å². The van der Waals surface area contributed by atoms with Gasteiger partial charge in [-0.1, -0.05) is 6.92 Å². The summed E-state index contributed by atoms with van der Waals surface area (Å²) in [4.78, 5) is 32.6. The highest BCUT2D eigenvalue weighted by Gasteiger charge is 2.36.